The van der Waals surface area contributed by atoms with E-state index in [0.717, 1.165) is 47.1 Å². The van der Waals surface area contributed by atoms with E-state index in [1.165, 1.54) is 31.2 Å². The van der Waals surface area contributed by atoms with Gasteiger partial charge in [0, 0.05) is 6.61 Å². The monoisotopic (exact) mass is 509 g/mol. The smallest absolute Gasteiger partial charge is 0.125 e. The Bertz CT molecular complexity index is 950. The number of hydrogen-bond acceptors (Lipinski definition) is 5. The number of aryl methyl sites for hydroxylation is 2. The SMILES string of the molecule is C/C=C/COc1cc(C)c(OCC2CCC(COCc3ccc(/C(C)=N\OC)cc3)CC2)c(C)c1.CC. The number of nitrogens with zero attached hydrogens (tertiary/aromatic N) is 1. The zero-order valence-electron chi connectivity index (χ0n) is 24.0. The van der Waals surface area contributed by atoms with E-state index in [0.29, 0.717) is 25.0 Å². The first kappa shape index (κ1) is 30.4. The summed E-state index contributed by atoms with van der Waals surface area (Å²) in [6.07, 6.45) is 8.81. The Morgan fingerprint density at radius 1 is 0.919 bits per heavy atom. The van der Waals surface area contributed by atoms with Crippen molar-refractivity contribution in [3.8, 4) is 11.5 Å². The molecule has 0 aliphatic heterocycles. The standard InChI is InChI=1S/C30H41NO4.C2H6/c1-6-7-16-34-29-17-22(2)30(23(3)18-29)35-21-27-10-8-25(9-11-27)19-33-20-26-12-14-28(15-13-26)24(4)31-32-5;1-2/h6-7,12-15,17-18,25,27H,8-11,16,19-21H2,1-5H3;1-2H3/b7-6+,31-24-;. The average Bonchev–Trinajstić information content (AvgIpc) is 2.91. The maximum absolute atomic E-state index is 6.29. The van der Waals surface area contributed by atoms with Gasteiger partial charge in [-0.15, -0.1) is 0 Å². The number of ether oxygens (including phenoxy) is 3. The van der Waals surface area contributed by atoms with Crippen LogP contribution in [0.4, 0.5) is 0 Å². The van der Waals surface area contributed by atoms with E-state index in [-0.39, 0.29) is 0 Å². The van der Waals surface area contributed by atoms with Crippen molar-refractivity contribution in [2.45, 2.75) is 73.8 Å². The van der Waals surface area contributed by atoms with E-state index < -0.39 is 0 Å². The van der Waals surface area contributed by atoms with Crippen LogP contribution in [0.3, 0.4) is 0 Å². The topological polar surface area (TPSA) is 49.3 Å². The van der Waals surface area contributed by atoms with Gasteiger partial charge in [0.25, 0.3) is 0 Å². The molecule has 0 aromatic heterocycles. The van der Waals surface area contributed by atoms with Gasteiger partial charge in [0.15, 0.2) is 0 Å². The minimum atomic E-state index is 0.596. The molecule has 0 bridgehead atoms. The molecule has 1 aliphatic carbocycles. The van der Waals surface area contributed by atoms with Crippen molar-refractivity contribution in [2.24, 2.45) is 17.0 Å². The highest BCUT2D eigenvalue weighted by atomic mass is 16.6. The fourth-order valence-electron chi connectivity index (χ4n) is 4.60. The molecule has 0 heterocycles. The fourth-order valence-corrected chi connectivity index (χ4v) is 4.60. The van der Waals surface area contributed by atoms with E-state index in [2.05, 4.69) is 55.4 Å². The normalized spacial score (nSPS) is 17.8. The molecule has 1 fully saturated rings. The second kappa shape index (κ2) is 16.9. The lowest BCUT2D eigenvalue weighted by Gasteiger charge is -2.28. The highest BCUT2D eigenvalue weighted by Crippen LogP contribution is 2.32. The van der Waals surface area contributed by atoms with E-state index in [4.69, 9.17) is 19.0 Å². The molecule has 204 valence electrons. The average molecular weight is 510 g/mol. The summed E-state index contributed by atoms with van der Waals surface area (Å²) in [7, 11) is 1.57. The van der Waals surface area contributed by atoms with Crippen molar-refractivity contribution in [3.05, 3.63) is 70.8 Å². The summed E-state index contributed by atoms with van der Waals surface area (Å²) in [5, 5.41) is 3.98. The van der Waals surface area contributed by atoms with Crippen LogP contribution in [-0.2, 0) is 16.2 Å². The van der Waals surface area contributed by atoms with E-state index in [9.17, 15) is 0 Å². The molecule has 37 heavy (non-hydrogen) atoms. The molecular weight excluding hydrogens is 462 g/mol. The van der Waals surface area contributed by atoms with Crippen molar-refractivity contribution < 1.29 is 19.0 Å². The largest absolute Gasteiger partial charge is 0.493 e. The second-order valence-electron chi connectivity index (χ2n) is 9.54. The Labute approximate surface area is 224 Å². The highest BCUT2D eigenvalue weighted by Gasteiger charge is 2.22. The Kier molecular flexibility index (Phi) is 13.9. The zero-order chi connectivity index (χ0) is 27.0. The Morgan fingerprint density at radius 2 is 1.51 bits per heavy atom. The summed E-state index contributed by atoms with van der Waals surface area (Å²) >= 11 is 0. The molecule has 1 aliphatic rings. The number of hydrogen-bond donors (Lipinski definition) is 0. The van der Waals surface area contributed by atoms with Gasteiger partial charge in [0.1, 0.15) is 25.2 Å². The van der Waals surface area contributed by atoms with Crippen molar-refractivity contribution >= 4 is 5.71 Å². The molecule has 5 heteroatoms. The third-order valence-corrected chi connectivity index (χ3v) is 6.67. The molecule has 5 nitrogen and oxygen atoms in total. The minimum Gasteiger partial charge on any atom is -0.493 e. The van der Waals surface area contributed by atoms with Crippen molar-refractivity contribution in [2.75, 3.05) is 26.9 Å². The van der Waals surface area contributed by atoms with Gasteiger partial charge in [-0.2, -0.15) is 0 Å². The van der Waals surface area contributed by atoms with Crippen LogP contribution < -0.4 is 9.47 Å². The molecule has 0 atom stereocenters. The quantitative estimate of drug-likeness (QED) is 0.165. The summed E-state index contributed by atoms with van der Waals surface area (Å²) in [6, 6.07) is 12.5. The first-order valence-corrected chi connectivity index (χ1v) is 13.7. The van der Waals surface area contributed by atoms with Gasteiger partial charge in [-0.05, 0) is 99.6 Å². The van der Waals surface area contributed by atoms with Crippen LogP contribution in [0, 0.1) is 25.7 Å². The number of rotatable bonds is 12. The number of allylic oxidation sites excluding steroid dienone is 1. The van der Waals surface area contributed by atoms with E-state index in [1.807, 2.05) is 39.8 Å². The molecule has 1 saturated carbocycles. The third kappa shape index (κ3) is 10.2. The molecule has 0 unspecified atom stereocenters. The predicted molar refractivity (Wildman–Crippen MR) is 154 cm³/mol. The molecule has 0 spiro atoms. The van der Waals surface area contributed by atoms with Crippen LogP contribution in [-0.4, -0.2) is 32.6 Å². The molecule has 0 saturated heterocycles. The van der Waals surface area contributed by atoms with Crippen LogP contribution in [0.25, 0.3) is 0 Å². The fraction of sp³-hybridized carbons (Fsp3) is 0.531. The highest BCUT2D eigenvalue weighted by molar-refractivity contribution is 5.98. The number of oxime groups is 1. The second-order valence-corrected chi connectivity index (χ2v) is 9.54. The number of benzene rings is 2. The molecular formula is C32H47NO4. The first-order valence-electron chi connectivity index (χ1n) is 13.7. The van der Waals surface area contributed by atoms with Crippen LogP contribution in [0.15, 0.2) is 53.7 Å². The van der Waals surface area contributed by atoms with Crippen molar-refractivity contribution in [1.29, 1.82) is 0 Å². The third-order valence-electron chi connectivity index (χ3n) is 6.67. The lowest BCUT2D eigenvalue weighted by molar-refractivity contribution is 0.0618. The molecule has 3 rings (SSSR count). The maximum Gasteiger partial charge on any atom is 0.125 e. The lowest BCUT2D eigenvalue weighted by Crippen LogP contribution is -2.23. The van der Waals surface area contributed by atoms with E-state index in [1.54, 1.807) is 7.11 Å². The molecule has 2 aromatic rings. The lowest BCUT2D eigenvalue weighted by atomic mass is 9.83. The van der Waals surface area contributed by atoms with Crippen LogP contribution in [0.2, 0.25) is 0 Å². The van der Waals surface area contributed by atoms with Gasteiger partial charge >= 0.3 is 0 Å². The summed E-state index contributed by atoms with van der Waals surface area (Å²) in [5.74, 6) is 3.15. The summed E-state index contributed by atoms with van der Waals surface area (Å²) in [5.41, 5.74) is 5.39. The zero-order valence-corrected chi connectivity index (χ0v) is 24.0. The first-order chi connectivity index (χ1) is 18.0. The van der Waals surface area contributed by atoms with Crippen molar-refractivity contribution in [3.63, 3.8) is 0 Å². The molecule has 0 N–H and O–H groups in total. The molecule has 2 aromatic carbocycles. The maximum atomic E-state index is 6.29. The van der Waals surface area contributed by atoms with Gasteiger partial charge in [-0.3, -0.25) is 0 Å². The Morgan fingerprint density at radius 3 is 2.08 bits per heavy atom. The summed E-state index contributed by atoms with van der Waals surface area (Å²) in [6.45, 7) is 15.0. The van der Waals surface area contributed by atoms with Gasteiger partial charge in [-0.25, -0.2) is 0 Å². The Hall–Kier alpha value is -2.79. The van der Waals surface area contributed by atoms with Gasteiger partial charge in [0.2, 0.25) is 0 Å². The predicted octanol–water partition coefficient (Wildman–Crippen LogP) is 8.06. The van der Waals surface area contributed by atoms with Crippen molar-refractivity contribution in [1.82, 2.24) is 0 Å². The van der Waals surface area contributed by atoms with Gasteiger partial charge in [-0.1, -0.05) is 55.4 Å². The summed E-state index contributed by atoms with van der Waals surface area (Å²) < 4.78 is 18.1. The van der Waals surface area contributed by atoms with Crippen LogP contribution >= 0.6 is 0 Å². The molecule has 0 amide bonds. The van der Waals surface area contributed by atoms with Crippen LogP contribution in [0.1, 0.15) is 75.6 Å². The minimum absolute atomic E-state index is 0.596. The Balaban J connectivity index is 0.00000235. The van der Waals surface area contributed by atoms with Gasteiger partial charge < -0.3 is 19.0 Å². The van der Waals surface area contributed by atoms with E-state index >= 15 is 0 Å². The van der Waals surface area contributed by atoms with Gasteiger partial charge in [0.05, 0.1) is 18.9 Å². The van der Waals surface area contributed by atoms with Crippen LogP contribution in [0.5, 0.6) is 11.5 Å². The summed E-state index contributed by atoms with van der Waals surface area (Å²) in [4.78, 5) is 4.84. The molecule has 0 radical (unpaired) electrons.